The summed E-state index contributed by atoms with van der Waals surface area (Å²) in [5.41, 5.74) is 1.56. The molecule has 2 bridgehead atoms. The molecule has 3 heteroatoms. The average Bonchev–Trinajstić information content (AvgIpc) is 2.38. The van der Waals surface area contributed by atoms with Gasteiger partial charge in [-0.15, -0.1) is 0 Å². The van der Waals surface area contributed by atoms with Crippen LogP contribution in [-0.2, 0) is 0 Å². The Morgan fingerprint density at radius 2 is 2.15 bits per heavy atom. The summed E-state index contributed by atoms with van der Waals surface area (Å²) >= 11 is 3.54. The lowest BCUT2D eigenvalue weighted by Crippen LogP contribution is -2.52. The van der Waals surface area contributed by atoms with E-state index in [0.29, 0.717) is 11.3 Å². The van der Waals surface area contributed by atoms with Gasteiger partial charge < -0.3 is 4.74 Å². The van der Waals surface area contributed by atoms with Crippen molar-refractivity contribution in [3.63, 3.8) is 0 Å². The van der Waals surface area contributed by atoms with Crippen molar-refractivity contribution in [3.05, 3.63) is 22.4 Å². The summed E-state index contributed by atoms with van der Waals surface area (Å²) in [6.45, 7) is 7.64. The van der Waals surface area contributed by atoms with Gasteiger partial charge in [-0.05, 0) is 71.7 Å². The molecule has 1 aromatic rings. The predicted molar refractivity (Wildman–Crippen MR) is 84.9 cm³/mol. The highest BCUT2D eigenvalue weighted by atomic mass is 79.9. The molecule has 0 spiro atoms. The highest BCUT2D eigenvalue weighted by molar-refractivity contribution is 9.10. The molecule has 0 amide bonds. The summed E-state index contributed by atoms with van der Waals surface area (Å²) in [5.74, 6) is 3.43. The lowest BCUT2D eigenvalue weighted by Gasteiger charge is -2.60. The van der Waals surface area contributed by atoms with Gasteiger partial charge in [0, 0.05) is 18.0 Å². The summed E-state index contributed by atoms with van der Waals surface area (Å²) in [4.78, 5) is 4.27. The Hall–Kier alpha value is -0.570. The zero-order valence-electron chi connectivity index (χ0n) is 12.7. The monoisotopic (exact) mass is 337 g/mol. The molecule has 0 radical (unpaired) electrons. The van der Waals surface area contributed by atoms with Crippen LogP contribution in [0.3, 0.4) is 0 Å². The van der Waals surface area contributed by atoms with Gasteiger partial charge in [0.25, 0.3) is 0 Å². The summed E-state index contributed by atoms with van der Waals surface area (Å²) in [6.07, 6.45) is 7.43. The predicted octanol–water partition coefficient (Wildman–Crippen LogP) is 4.99. The van der Waals surface area contributed by atoms with Gasteiger partial charge in [-0.25, -0.2) is 0 Å². The normalized spacial score (nSPS) is 32.0. The van der Waals surface area contributed by atoms with Crippen LogP contribution in [0.25, 0.3) is 0 Å². The maximum absolute atomic E-state index is 6.14. The fraction of sp³-hybridized carbons (Fsp3) is 0.706. The first-order valence-electron chi connectivity index (χ1n) is 7.76. The number of hydrogen-bond acceptors (Lipinski definition) is 2. The highest BCUT2D eigenvalue weighted by Gasteiger charge is 2.54. The number of hydrogen-bond donors (Lipinski definition) is 0. The van der Waals surface area contributed by atoms with Crippen molar-refractivity contribution in [2.75, 3.05) is 6.61 Å². The van der Waals surface area contributed by atoms with Gasteiger partial charge in [0.2, 0.25) is 0 Å². The Labute approximate surface area is 130 Å². The minimum Gasteiger partial charge on any atom is -0.492 e. The van der Waals surface area contributed by atoms with Crippen molar-refractivity contribution in [1.82, 2.24) is 4.98 Å². The van der Waals surface area contributed by atoms with Crippen molar-refractivity contribution < 1.29 is 4.74 Å². The summed E-state index contributed by atoms with van der Waals surface area (Å²) in [7, 11) is 0. The van der Waals surface area contributed by atoms with Crippen LogP contribution < -0.4 is 4.74 Å². The first-order chi connectivity index (χ1) is 9.51. The van der Waals surface area contributed by atoms with E-state index in [1.165, 1.54) is 25.7 Å². The third kappa shape index (κ3) is 2.38. The zero-order valence-corrected chi connectivity index (χ0v) is 14.2. The number of aromatic nitrogens is 1. The molecule has 1 heterocycles. The number of ether oxygens (including phenoxy) is 1. The minimum absolute atomic E-state index is 0.553. The van der Waals surface area contributed by atoms with Crippen LogP contribution in [-0.4, -0.2) is 11.6 Å². The molecule has 0 N–H and O–H groups in total. The topological polar surface area (TPSA) is 22.1 Å². The summed E-state index contributed by atoms with van der Waals surface area (Å²) in [5, 5.41) is 0. The van der Waals surface area contributed by atoms with Gasteiger partial charge >= 0.3 is 0 Å². The summed E-state index contributed by atoms with van der Waals surface area (Å²) < 4.78 is 7.10. The van der Waals surface area contributed by atoms with E-state index in [-0.39, 0.29) is 0 Å². The molecule has 3 fully saturated rings. The van der Waals surface area contributed by atoms with Crippen LogP contribution in [0, 0.1) is 30.1 Å². The van der Waals surface area contributed by atoms with Crippen LogP contribution in [0.4, 0.5) is 0 Å². The van der Waals surface area contributed by atoms with E-state index in [0.717, 1.165) is 34.4 Å². The second-order valence-corrected chi connectivity index (χ2v) is 7.86. The van der Waals surface area contributed by atoms with E-state index in [2.05, 4.69) is 34.8 Å². The molecule has 2 nitrogen and oxygen atoms in total. The van der Waals surface area contributed by atoms with Gasteiger partial charge in [-0.3, -0.25) is 4.98 Å². The zero-order chi connectivity index (χ0) is 14.3. The number of nitrogens with zero attached hydrogens (tertiary/aromatic N) is 1. The number of aryl methyl sites for hydroxylation is 1. The molecule has 20 heavy (non-hydrogen) atoms. The van der Waals surface area contributed by atoms with Crippen LogP contribution in [0.1, 0.15) is 45.2 Å². The Morgan fingerprint density at radius 1 is 1.40 bits per heavy atom. The van der Waals surface area contributed by atoms with Gasteiger partial charge in [0.1, 0.15) is 5.75 Å². The standard InChI is InChI=1S/C17H24BrNO/c1-11(2)17-7-13(8-17)4-5-14(17)10-20-16-6-12(3)19-9-15(16)18/h6,9,11,13-14H,4-5,7-8,10H2,1-3H3/t13?,14-,17?/m1/s1. The number of halogens is 1. The largest absolute Gasteiger partial charge is 0.492 e. The molecule has 0 aromatic carbocycles. The summed E-state index contributed by atoms with van der Waals surface area (Å²) in [6, 6.07) is 2.03. The van der Waals surface area contributed by atoms with Crippen molar-refractivity contribution >= 4 is 15.9 Å². The Balaban J connectivity index is 1.69. The number of fused-ring (bicyclic) bond motifs is 2. The number of rotatable bonds is 4. The van der Waals surface area contributed by atoms with E-state index in [1.807, 2.05) is 19.2 Å². The van der Waals surface area contributed by atoms with Crippen molar-refractivity contribution in [2.45, 2.75) is 46.5 Å². The van der Waals surface area contributed by atoms with E-state index < -0.39 is 0 Å². The fourth-order valence-electron chi connectivity index (χ4n) is 4.29. The molecule has 110 valence electrons. The van der Waals surface area contributed by atoms with Crippen molar-refractivity contribution in [2.24, 2.45) is 23.2 Å². The third-order valence-electron chi connectivity index (χ3n) is 5.62. The van der Waals surface area contributed by atoms with Crippen LogP contribution in [0.2, 0.25) is 0 Å². The van der Waals surface area contributed by atoms with Gasteiger partial charge in [0.05, 0.1) is 11.1 Å². The van der Waals surface area contributed by atoms with Crippen molar-refractivity contribution in [1.29, 1.82) is 0 Å². The lowest BCUT2D eigenvalue weighted by atomic mass is 9.46. The molecule has 0 saturated heterocycles. The Morgan fingerprint density at radius 3 is 2.85 bits per heavy atom. The molecule has 3 aliphatic rings. The van der Waals surface area contributed by atoms with Gasteiger partial charge in [-0.2, -0.15) is 0 Å². The van der Waals surface area contributed by atoms with Crippen LogP contribution in [0.15, 0.2) is 16.7 Å². The molecule has 4 rings (SSSR count). The molecular formula is C17H24BrNO. The van der Waals surface area contributed by atoms with E-state index in [9.17, 15) is 0 Å². The van der Waals surface area contributed by atoms with Crippen molar-refractivity contribution in [3.8, 4) is 5.75 Å². The smallest absolute Gasteiger partial charge is 0.136 e. The molecule has 0 aliphatic heterocycles. The Bertz CT molecular complexity index is 494. The van der Waals surface area contributed by atoms with Crippen LogP contribution in [0.5, 0.6) is 5.75 Å². The third-order valence-corrected chi connectivity index (χ3v) is 6.22. The SMILES string of the molecule is Cc1cc(OC[C@H]2CCC3CC2(C(C)C)C3)c(Br)cn1. The van der Waals surface area contributed by atoms with Crippen LogP contribution >= 0.6 is 15.9 Å². The first-order valence-corrected chi connectivity index (χ1v) is 8.55. The quantitative estimate of drug-likeness (QED) is 0.771. The van der Waals surface area contributed by atoms with E-state index >= 15 is 0 Å². The molecule has 0 unspecified atom stereocenters. The second kappa shape index (κ2) is 5.32. The Kier molecular flexibility index (Phi) is 3.83. The molecule has 1 aromatic heterocycles. The second-order valence-electron chi connectivity index (χ2n) is 7.00. The fourth-order valence-corrected chi connectivity index (χ4v) is 4.62. The highest BCUT2D eigenvalue weighted by Crippen LogP contribution is 2.62. The maximum Gasteiger partial charge on any atom is 0.136 e. The van der Waals surface area contributed by atoms with E-state index in [4.69, 9.17) is 4.74 Å². The molecular weight excluding hydrogens is 314 g/mol. The minimum atomic E-state index is 0.553. The van der Waals surface area contributed by atoms with Gasteiger partial charge in [0.15, 0.2) is 0 Å². The molecule has 3 saturated carbocycles. The van der Waals surface area contributed by atoms with E-state index in [1.54, 1.807) is 0 Å². The molecule has 1 atom stereocenters. The number of pyridine rings is 1. The average molecular weight is 338 g/mol. The first kappa shape index (κ1) is 14.4. The lowest BCUT2D eigenvalue weighted by molar-refractivity contribution is -0.111. The van der Waals surface area contributed by atoms with Gasteiger partial charge in [-0.1, -0.05) is 13.8 Å². The molecule has 3 aliphatic carbocycles. The maximum atomic E-state index is 6.14.